The Balaban J connectivity index is 2.11. The molecule has 7 heteroatoms. The molecule has 1 aromatic rings. The van der Waals surface area contributed by atoms with Crippen molar-refractivity contribution >= 4 is 27.3 Å². The second-order valence-corrected chi connectivity index (χ2v) is 6.93. The number of benzene rings is 1. The number of rotatable bonds is 3. The van der Waals surface area contributed by atoms with Crippen LogP contribution in [0.3, 0.4) is 0 Å². The minimum atomic E-state index is -3.59. The highest BCUT2D eigenvalue weighted by atomic mass is 35.5. The molecule has 1 fully saturated rings. The van der Waals surface area contributed by atoms with Crippen LogP contribution in [0.15, 0.2) is 23.1 Å². The molecule has 0 spiro atoms. The number of halogens is 1. The summed E-state index contributed by atoms with van der Waals surface area (Å²) in [4.78, 5) is 0.109. The predicted molar refractivity (Wildman–Crippen MR) is 74.4 cm³/mol. The lowest BCUT2D eigenvalue weighted by atomic mass is 9.94. The minimum Gasteiger partial charge on any atom is -0.398 e. The summed E-state index contributed by atoms with van der Waals surface area (Å²) in [5.74, 6) is 0. The maximum Gasteiger partial charge on any atom is 0.240 e. The SMILES string of the molecule is Nc1ccc(S(=O)(=O)NC2CCC(O)CC2)cc1Cl. The number of hydrogen-bond donors (Lipinski definition) is 3. The van der Waals surface area contributed by atoms with Crippen LogP contribution in [0.1, 0.15) is 25.7 Å². The Hall–Kier alpha value is -0.820. The second kappa shape index (κ2) is 5.66. The van der Waals surface area contributed by atoms with Gasteiger partial charge in [0.25, 0.3) is 0 Å². The third-order valence-electron chi connectivity index (χ3n) is 3.30. The summed E-state index contributed by atoms with van der Waals surface area (Å²) >= 11 is 5.83. The van der Waals surface area contributed by atoms with Crippen LogP contribution in [0, 0.1) is 0 Å². The van der Waals surface area contributed by atoms with Crippen molar-refractivity contribution in [3.05, 3.63) is 23.2 Å². The fraction of sp³-hybridized carbons (Fsp3) is 0.500. The van der Waals surface area contributed by atoms with Crippen molar-refractivity contribution in [2.45, 2.75) is 42.7 Å². The number of sulfonamides is 1. The second-order valence-electron chi connectivity index (χ2n) is 4.81. The smallest absolute Gasteiger partial charge is 0.240 e. The van der Waals surface area contributed by atoms with E-state index in [9.17, 15) is 13.5 Å². The first-order chi connectivity index (χ1) is 8.88. The van der Waals surface area contributed by atoms with Gasteiger partial charge in [-0.05, 0) is 43.9 Å². The van der Waals surface area contributed by atoms with Gasteiger partial charge in [-0.2, -0.15) is 0 Å². The maximum absolute atomic E-state index is 12.2. The molecule has 19 heavy (non-hydrogen) atoms. The first-order valence-electron chi connectivity index (χ1n) is 6.14. The molecule has 0 unspecified atom stereocenters. The van der Waals surface area contributed by atoms with E-state index in [1.165, 1.54) is 18.2 Å². The Bertz CT molecular complexity index is 554. The van der Waals surface area contributed by atoms with Crippen molar-refractivity contribution in [3.8, 4) is 0 Å². The van der Waals surface area contributed by atoms with Gasteiger partial charge in [-0.1, -0.05) is 11.6 Å². The molecule has 0 radical (unpaired) electrons. The Kier molecular flexibility index (Phi) is 4.35. The molecule has 0 atom stereocenters. The Morgan fingerprint density at radius 3 is 2.47 bits per heavy atom. The molecule has 106 valence electrons. The van der Waals surface area contributed by atoms with E-state index in [4.69, 9.17) is 17.3 Å². The number of aliphatic hydroxyl groups is 1. The molecule has 5 nitrogen and oxygen atoms in total. The largest absolute Gasteiger partial charge is 0.398 e. The Morgan fingerprint density at radius 2 is 1.89 bits per heavy atom. The van der Waals surface area contributed by atoms with Gasteiger partial charge in [0, 0.05) is 6.04 Å². The van der Waals surface area contributed by atoms with Gasteiger partial charge in [0.2, 0.25) is 10.0 Å². The van der Waals surface area contributed by atoms with Gasteiger partial charge < -0.3 is 10.8 Å². The monoisotopic (exact) mass is 304 g/mol. The van der Waals surface area contributed by atoms with Crippen molar-refractivity contribution in [2.24, 2.45) is 0 Å². The molecule has 4 N–H and O–H groups in total. The van der Waals surface area contributed by atoms with Crippen molar-refractivity contribution in [3.63, 3.8) is 0 Å². The highest BCUT2D eigenvalue weighted by Crippen LogP contribution is 2.24. The van der Waals surface area contributed by atoms with Crippen LogP contribution >= 0.6 is 11.6 Å². The molecule has 0 heterocycles. The van der Waals surface area contributed by atoms with E-state index >= 15 is 0 Å². The van der Waals surface area contributed by atoms with E-state index < -0.39 is 10.0 Å². The van der Waals surface area contributed by atoms with Crippen LogP contribution in [0.2, 0.25) is 5.02 Å². The fourth-order valence-electron chi connectivity index (χ4n) is 2.16. The van der Waals surface area contributed by atoms with Crippen LogP contribution in [0.25, 0.3) is 0 Å². The van der Waals surface area contributed by atoms with E-state index in [0.29, 0.717) is 31.4 Å². The van der Waals surface area contributed by atoms with Gasteiger partial charge in [-0.3, -0.25) is 0 Å². The highest BCUT2D eigenvalue weighted by Gasteiger charge is 2.25. The van der Waals surface area contributed by atoms with Gasteiger partial charge >= 0.3 is 0 Å². The molecule has 0 aliphatic heterocycles. The average molecular weight is 305 g/mol. The van der Waals surface area contributed by atoms with E-state index in [1.54, 1.807) is 0 Å². The molecule has 1 aromatic carbocycles. The standard InChI is InChI=1S/C12H17ClN2O3S/c13-11-7-10(5-6-12(11)14)19(17,18)15-8-1-3-9(16)4-2-8/h5-9,15-16H,1-4,14H2. The Morgan fingerprint density at radius 1 is 1.26 bits per heavy atom. The lowest BCUT2D eigenvalue weighted by molar-refractivity contribution is 0.120. The molecule has 0 amide bonds. The molecule has 1 aliphatic carbocycles. The molecular weight excluding hydrogens is 288 g/mol. The topological polar surface area (TPSA) is 92.4 Å². The number of aliphatic hydroxyl groups excluding tert-OH is 1. The van der Waals surface area contributed by atoms with E-state index in [0.717, 1.165) is 0 Å². The lowest BCUT2D eigenvalue weighted by Gasteiger charge is -2.26. The molecular formula is C12H17ClN2O3S. The summed E-state index contributed by atoms with van der Waals surface area (Å²) in [6.07, 6.45) is 2.21. The van der Waals surface area contributed by atoms with Crippen molar-refractivity contribution in [1.82, 2.24) is 4.72 Å². The number of hydrogen-bond acceptors (Lipinski definition) is 4. The first kappa shape index (κ1) is 14.6. The minimum absolute atomic E-state index is 0.109. The number of nitrogens with two attached hydrogens (primary N) is 1. The number of nitrogen functional groups attached to an aromatic ring is 1. The van der Waals surface area contributed by atoms with Crippen molar-refractivity contribution in [1.29, 1.82) is 0 Å². The first-order valence-corrected chi connectivity index (χ1v) is 8.00. The Labute approximate surface area is 117 Å². The normalized spacial score (nSPS) is 24.3. The van der Waals surface area contributed by atoms with Crippen LogP contribution in [0.5, 0.6) is 0 Å². The van der Waals surface area contributed by atoms with Crippen LogP contribution in [-0.2, 0) is 10.0 Å². The summed E-state index contributed by atoms with van der Waals surface area (Å²) in [6.45, 7) is 0. The van der Waals surface area contributed by atoms with Gasteiger partial charge in [0.15, 0.2) is 0 Å². The third-order valence-corrected chi connectivity index (χ3v) is 5.15. The quantitative estimate of drug-likeness (QED) is 0.738. The predicted octanol–water partition coefficient (Wildman–Crippen LogP) is 1.50. The van der Waals surface area contributed by atoms with E-state index in [2.05, 4.69) is 4.72 Å². The van der Waals surface area contributed by atoms with Gasteiger partial charge in [-0.15, -0.1) is 0 Å². The molecule has 1 aliphatic rings. The zero-order valence-corrected chi connectivity index (χ0v) is 11.9. The third kappa shape index (κ3) is 3.60. The van der Waals surface area contributed by atoms with E-state index in [-0.39, 0.29) is 22.1 Å². The molecule has 2 rings (SSSR count). The van der Waals surface area contributed by atoms with Gasteiger partial charge in [0.05, 0.1) is 21.7 Å². The molecule has 0 saturated heterocycles. The molecule has 1 saturated carbocycles. The van der Waals surface area contributed by atoms with Gasteiger partial charge in [-0.25, -0.2) is 13.1 Å². The fourth-order valence-corrected chi connectivity index (χ4v) is 3.73. The van der Waals surface area contributed by atoms with Crippen LogP contribution in [-0.4, -0.2) is 25.7 Å². The number of anilines is 1. The molecule has 0 bridgehead atoms. The lowest BCUT2D eigenvalue weighted by Crippen LogP contribution is -2.38. The summed E-state index contributed by atoms with van der Waals surface area (Å²) in [6, 6.07) is 4.12. The summed E-state index contributed by atoms with van der Waals surface area (Å²) in [5, 5.41) is 9.62. The van der Waals surface area contributed by atoms with E-state index in [1.807, 2.05) is 0 Å². The average Bonchev–Trinajstić information content (AvgIpc) is 2.35. The number of nitrogens with one attached hydrogen (secondary N) is 1. The van der Waals surface area contributed by atoms with Crippen molar-refractivity contribution in [2.75, 3.05) is 5.73 Å². The highest BCUT2D eigenvalue weighted by molar-refractivity contribution is 7.89. The summed E-state index contributed by atoms with van der Waals surface area (Å²) < 4.78 is 27.0. The zero-order chi connectivity index (χ0) is 14.0. The summed E-state index contributed by atoms with van der Waals surface area (Å²) in [7, 11) is -3.59. The van der Waals surface area contributed by atoms with Crippen LogP contribution in [0.4, 0.5) is 5.69 Å². The van der Waals surface area contributed by atoms with Gasteiger partial charge in [0.1, 0.15) is 0 Å². The summed E-state index contributed by atoms with van der Waals surface area (Å²) in [5.41, 5.74) is 5.91. The molecule has 0 aromatic heterocycles. The zero-order valence-electron chi connectivity index (χ0n) is 10.3. The maximum atomic E-state index is 12.2. The van der Waals surface area contributed by atoms with Crippen LogP contribution < -0.4 is 10.5 Å². The van der Waals surface area contributed by atoms with Crippen molar-refractivity contribution < 1.29 is 13.5 Å².